The van der Waals surface area contributed by atoms with E-state index >= 15 is 0 Å². The first kappa shape index (κ1) is 15.9. The van der Waals surface area contributed by atoms with Gasteiger partial charge in [0.2, 0.25) is 5.91 Å². The molecule has 1 saturated heterocycles. The molecule has 3 nitrogen and oxygen atoms in total. The molecule has 0 spiro atoms. The van der Waals surface area contributed by atoms with E-state index in [1.807, 2.05) is 4.90 Å². The summed E-state index contributed by atoms with van der Waals surface area (Å²) in [5, 5.41) is 3.43. The molecule has 1 aliphatic heterocycles. The zero-order valence-corrected chi connectivity index (χ0v) is 13.8. The zero-order valence-electron chi connectivity index (χ0n) is 13.8. The number of benzene rings is 1. The van der Waals surface area contributed by atoms with Gasteiger partial charge in [-0.3, -0.25) is 4.79 Å². The third-order valence-corrected chi connectivity index (χ3v) is 4.25. The normalized spacial score (nSPS) is 15.0. The number of amides is 1. The quantitative estimate of drug-likeness (QED) is 0.889. The van der Waals surface area contributed by atoms with Crippen LogP contribution in [-0.2, 0) is 4.79 Å². The lowest BCUT2D eigenvalue weighted by atomic mass is 9.92. The second kappa shape index (κ2) is 6.97. The summed E-state index contributed by atoms with van der Waals surface area (Å²) in [5.41, 5.74) is 3.76. The van der Waals surface area contributed by atoms with Crippen molar-refractivity contribution in [2.24, 2.45) is 0 Å². The molecule has 0 saturated carbocycles. The summed E-state index contributed by atoms with van der Waals surface area (Å²) < 4.78 is 0. The predicted octanol–water partition coefficient (Wildman–Crippen LogP) is 3.97. The van der Waals surface area contributed by atoms with Gasteiger partial charge >= 0.3 is 0 Å². The SMILES string of the molecule is CC(C)c1cccc(C(C)C)c1NCC(=O)N1CCCC1. The molecule has 1 aromatic rings. The molecule has 1 N–H and O–H groups in total. The third kappa shape index (κ3) is 3.78. The Morgan fingerprint density at radius 3 is 2.10 bits per heavy atom. The first-order chi connectivity index (χ1) is 10.0. The smallest absolute Gasteiger partial charge is 0.241 e. The van der Waals surface area contributed by atoms with E-state index in [1.165, 1.54) is 11.1 Å². The van der Waals surface area contributed by atoms with Crippen LogP contribution >= 0.6 is 0 Å². The van der Waals surface area contributed by atoms with Crippen LogP contribution in [0.2, 0.25) is 0 Å². The molecule has 0 unspecified atom stereocenters. The van der Waals surface area contributed by atoms with Gasteiger partial charge in [-0.1, -0.05) is 45.9 Å². The Balaban J connectivity index is 2.15. The summed E-state index contributed by atoms with van der Waals surface area (Å²) in [6, 6.07) is 6.45. The Morgan fingerprint density at radius 1 is 1.10 bits per heavy atom. The van der Waals surface area contributed by atoms with Gasteiger partial charge in [-0.2, -0.15) is 0 Å². The van der Waals surface area contributed by atoms with Gasteiger partial charge in [-0.05, 0) is 35.8 Å². The Bertz CT molecular complexity index is 462. The van der Waals surface area contributed by atoms with Crippen LogP contribution in [0.4, 0.5) is 5.69 Å². The molecule has 1 fully saturated rings. The number of carbonyl (C=O) groups is 1. The molecule has 0 aliphatic carbocycles. The maximum atomic E-state index is 12.2. The first-order valence-corrected chi connectivity index (χ1v) is 8.15. The number of anilines is 1. The van der Waals surface area contributed by atoms with Gasteiger partial charge in [0.25, 0.3) is 0 Å². The van der Waals surface area contributed by atoms with Gasteiger partial charge in [0.05, 0.1) is 6.54 Å². The van der Waals surface area contributed by atoms with Crippen LogP contribution in [0, 0.1) is 0 Å². The number of hydrogen-bond donors (Lipinski definition) is 1. The highest BCUT2D eigenvalue weighted by Gasteiger charge is 2.19. The van der Waals surface area contributed by atoms with Gasteiger partial charge in [-0.25, -0.2) is 0 Å². The minimum atomic E-state index is 0.223. The van der Waals surface area contributed by atoms with Gasteiger partial charge in [-0.15, -0.1) is 0 Å². The van der Waals surface area contributed by atoms with E-state index < -0.39 is 0 Å². The van der Waals surface area contributed by atoms with Crippen molar-refractivity contribution >= 4 is 11.6 Å². The average Bonchev–Trinajstić information content (AvgIpc) is 2.98. The first-order valence-electron chi connectivity index (χ1n) is 8.15. The van der Waals surface area contributed by atoms with Crippen molar-refractivity contribution < 1.29 is 4.79 Å². The summed E-state index contributed by atoms with van der Waals surface area (Å²) in [5.74, 6) is 1.13. The number of nitrogens with zero attached hydrogens (tertiary/aromatic N) is 1. The Hall–Kier alpha value is -1.51. The topological polar surface area (TPSA) is 32.3 Å². The largest absolute Gasteiger partial charge is 0.376 e. The molecule has 21 heavy (non-hydrogen) atoms. The highest BCUT2D eigenvalue weighted by molar-refractivity contribution is 5.81. The van der Waals surface area contributed by atoms with Crippen LogP contribution in [0.25, 0.3) is 0 Å². The molecule has 1 amide bonds. The fourth-order valence-electron chi connectivity index (χ4n) is 3.00. The van der Waals surface area contributed by atoms with E-state index in [-0.39, 0.29) is 5.91 Å². The Kier molecular flexibility index (Phi) is 5.27. The lowest BCUT2D eigenvalue weighted by molar-refractivity contribution is -0.128. The minimum Gasteiger partial charge on any atom is -0.376 e. The summed E-state index contributed by atoms with van der Waals surface area (Å²) in [6.45, 7) is 11.1. The van der Waals surface area contributed by atoms with E-state index in [0.29, 0.717) is 18.4 Å². The summed E-state index contributed by atoms with van der Waals surface area (Å²) in [4.78, 5) is 14.2. The number of carbonyl (C=O) groups excluding carboxylic acids is 1. The Morgan fingerprint density at radius 2 is 1.62 bits per heavy atom. The molecule has 1 aliphatic rings. The monoisotopic (exact) mass is 288 g/mol. The van der Waals surface area contributed by atoms with Gasteiger partial charge < -0.3 is 10.2 Å². The molecule has 0 radical (unpaired) electrons. The van der Waals surface area contributed by atoms with E-state index in [0.717, 1.165) is 31.6 Å². The van der Waals surface area contributed by atoms with Crippen molar-refractivity contribution in [3.63, 3.8) is 0 Å². The van der Waals surface area contributed by atoms with Gasteiger partial charge in [0.1, 0.15) is 0 Å². The molecular formula is C18H28N2O. The standard InChI is InChI=1S/C18H28N2O/c1-13(2)15-8-7-9-16(14(3)4)18(15)19-12-17(21)20-10-5-6-11-20/h7-9,13-14,19H,5-6,10-12H2,1-4H3. The second-order valence-corrected chi connectivity index (χ2v) is 6.56. The highest BCUT2D eigenvalue weighted by atomic mass is 16.2. The van der Waals surface area contributed by atoms with E-state index in [1.54, 1.807) is 0 Å². The fraction of sp³-hybridized carbons (Fsp3) is 0.611. The summed E-state index contributed by atoms with van der Waals surface area (Å²) >= 11 is 0. The number of hydrogen-bond acceptors (Lipinski definition) is 2. The van der Waals surface area contributed by atoms with Crippen LogP contribution in [0.1, 0.15) is 63.5 Å². The molecule has 1 heterocycles. The van der Waals surface area contributed by atoms with Crippen molar-refractivity contribution in [1.29, 1.82) is 0 Å². The summed E-state index contributed by atoms with van der Waals surface area (Å²) in [7, 11) is 0. The summed E-state index contributed by atoms with van der Waals surface area (Å²) in [6.07, 6.45) is 2.29. The van der Waals surface area contributed by atoms with Crippen LogP contribution in [0.5, 0.6) is 0 Å². The predicted molar refractivity (Wildman–Crippen MR) is 88.9 cm³/mol. The van der Waals surface area contributed by atoms with Crippen LogP contribution in [-0.4, -0.2) is 30.4 Å². The molecule has 116 valence electrons. The molecule has 3 heteroatoms. The second-order valence-electron chi connectivity index (χ2n) is 6.56. The molecule has 2 rings (SSSR count). The van der Waals surface area contributed by atoms with Crippen molar-refractivity contribution in [2.45, 2.75) is 52.4 Å². The molecule has 0 atom stereocenters. The zero-order chi connectivity index (χ0) is 15.4. The lowest BCUT2D eigenvalue weighted by Crippen LogP contribution is -2.33. The molecule has 0 aromatic heterocycles. The maximum Gasteiger partial charge on any atom is 0.241 e. The lowest BCUT2D eigenvalue weighted by Gasteiger charge is -2.22. The van der Waals surface area contributed by atoms with E-state index in [4.69, 9.17) is 0 Å². The third-order valence-electron chi connectivity index (χ3n) is 4.25. The van der Waals surface area contributed by atoms with Crippen molar-refractivity contribution in [3.05, 3.63) is 29.3 Å². The maximum absolute atomic E-state index is 12.2. The molecule has 1 aromatic carbocycles. The minimum absolute atomic E-state index is 0.223. The molecular weight excluding hydrogens is 260 g/mol. The van der Waals surface area contributed by atoms with E-state index in [9.17, 15) is 4.79 Å². The molecule has 0 bridgehead atoms. The van der Waals surface area contributed by atoms with E-state index in [2.05, 4.69) is 51.2 Å². The Labute approximate surface area is 128 Å². The highest BCUT2D eigenvalue weighted by Crippen LogP contribution is 2.32. The van der Waals surface area contributed by atoms with Gasteiger partial charge in [0.15, 0.2) is 0 Å². The number of nitrogens with one attached hydrogen (secondary N) is 1. The van der Waals surface area contributed by atoms with Crippen LogP contribution in [0.3, 0.4) is 0 Å². The van der Waals surface area contributed by atoms with Crippen LogP contribution in [0.15, 0.2) is 18.2 Å². The van der Waals surface area contributed by atoms with Crippen molar-refractivity contribution in [2.75, 3.05) is 25.0 Å². The van der Waals surface area contributed by atoms with Crippen molar-refractivity contribution in [3.8, 4) is 0 Å². The van der Waals surface area contributed by atoms with Crippen molar-refractivity contribution in [1.82, 2.24) is 4.90 Å². The number of rotatable bonds is 5. The number of likely N-dealkylation sites (tertiary alicyclic amines) is 1. The average molecular weight is 288 g/mol. The number of para-hydroxylation sites is 1. The van der Waals surface area contributed by atoms with Gasteiger partial charge in [0, 0.05) is 18.8 Å². The fourth-order valence-corrected chi connectivity index (χ4v) is 3.00. The van der Waals surface area contributed by atoms with Crippen LogP contribution < -0.4 is 5.32 Å².